The van der Waals surface area contributed by atoms with Gasteiger partial charge >= 0.3 is 0 Å². The van der Waals surface area contributed by atoms with Crippen LogP contribution >= 0.6 is 34.5 Å². The van der Waals surface area contributed by atoms with Crippen LogP contribution in [0.25, 0.3) is 0 Å². The highest BCUT2D eigenvalue weighted by Crippen LogP contribution is 2.31. The summed E-state index contributed by atoms with van der Waals surface area (Å²) in [4.78, 5) is 22.7. The lowest BCUT2D eigenvalue weighted by Crippen LogP contribution is -2.14. The van der Waals surface area contributed by atoms with Gasteiger partial charge in [0.1, 0.15) is 10.1 Å². The minimum Gasteiger partial charge on any atom is -0.493 e. The maximum Gasteiger partial charge on any atom is 0.258 e. The van der Waals surface area contributed by atoms with Crippen molar-refractivity contribution in [3.05, 3.63) is 44.6 Å². The number of carbonyl (C=O) groups is 2. The number of nitrogens with two attached hydrogens (primary N) is 1. The second kappa shape index (κ2) is 7.49. The van der Waals surface area contributed by atoms with Crippen molar-refractivity contribution >= 4 is 52.0 Å². The lowest BCUT2D eigenvalue weighted by molar-refractivity contribution is -0.118. The molecule has 3 N–H and O–H groups in total. The molecule has 2 rings (SSSR count). The molecule has 0 aliphatic rings. The summed E-state index contributed by atoms with van der Waals surface area (Å²) in [5.41, 5.74) is 5.94. The summed E-state index contributed by atoms with van der Waals surface area (Å²) in [5, 5.41) is 2.71. The maximum absolute atomic E-state index is 12.1. The average molecular weight is 359 g/mol. The lowest BCUT2D eigenvalue weighted by atomic mass is 10.2. The minimum absolute atomic E-state index is 0.149. The molecule has 0 aliphatic carbocycles. The third-order valence-corrected chi connectivity index (χ3v) is 4.12. The molecule has 0 radical (unpaired) electrons. The molecule has 0 saturated carbocycles. The SMILES string of the molecule is NC(=O)CCOc1ccc(NC(=O)c2cc(Cl)sc2Cl)cc1. The summed E-state index contributed by atoms with van der Waals surface area (Å²) in [6, 6.07) is 8.24. The number of halogens is 2. The Hall–Kier alpha value is -1.76. The maximum atomic E-state index is 12.1. The van der Waals surface area contributed by atoms with E-state index >= 15 is 0 Å². The van der Waals surface area contributed by atoms with E-state index in [-0.39, 0.29) is 18.9 Å². The highest BCUT2D eigenvalue weighted by Gasteiger charge is 2.14. The normalized spacial score (nSPS) is 10.3. The Morgan fingerprint density at radius 2 is 1.91 bits per heavy atom. The van der Waals surface area contributed by atoms with Crippen LogP contribution in [-0.4, -0.2) is 18.4 Å². The molecule has 0 unspecified atom stereocenters. The van der Waals surface area contributed by atoms with Crippen molar-refractivity contribution < 1.29 is 14.3 Å². The molecule has 0 spiro atoms. The predicted octanol–water partition coefficient (Wildman–Crippen LogP) is 3.56. The van der Waals surface area contributed by atoms with Gasteiger partial charge in [-0.25, -0.2) is 0 Å². The quantitative estimate of drug-likeness (QED) is 0.827. The highest BCUT2D eigenvalue weighted by molar-refractivity contribution is 7.20. The molecule has 0 atom stereocenters. The summed E-state index contributed by atoms with van der Waals surface area (Å²) in [6.07, 6.45) is 0.149. The first kappa shape index (κ1) is 16.6. The van der Waals surface area contributed by atoms with E-state index in [1.54, 1.807) is 24.3 Å². The van der Waals surface area contributed by atoms with Crippen molar-refractivity contribution in [1.29, 1.82) is 0 Å². The van der Waals surface area contributed by atoms with Gasteiger partial charge < -0.3 is 15.8 Å². The van der Waals surface area contributed by atoms with Crippen LogP contribution in [0.3, 0.4) is 0 Å². The zero-order valence-corrected chi connectivity index (χ0v) is 13.6. The lowest BCUT2D eigenvalue weighted by Gasteiger charge is -2.07. The fourth-order valence-electron chi connectivity index (χ4n) is 1.60. The molecule has 2 aromatic rings. The largest absolute Gasteiger partial charge is 0.493 e. The van der Waals surface area contributed by atoms with Crippen molar-refractivity contribution in [2.75, 3.05) is 11.9 Å². The summed E-state index contributed by atoms with van der Waals surface area (Å²) >= 11 is 12.9. The van der Waals surface area contributed by atoms with Gasteiger partial charge in [-0.2, -0.15) is 0 Å². The molecule has 8 heteroatoms. The summed E-state index contributed by atoms with van der Waals surface area (Å²) in [6.45, 7) is 0.212. The summed E-state index contributed by atoms with van der Waals surface area (Å²) in [7, 11) is 0. The Labute approximate surface area is 141 Å². The summed E-state index contributed by atoms with van der Waals surface area (Å²) < 4.78 is 6.13. The van der Waals surface area contributed by atoms with Gasteiger partial charge in [-0.15, -0.1) is 11.3 Å². The van der Waals surface area contributed by atoms with Gasteiger partial charge in [0.25, 0.3) is 5.91 Å². The van der Waals surface area contributed by atoms with E-state index < -0.39 is 5.91 Å². The Kier molecular flexibility index (Phi) is 5.65. The number of thiophene rings is 1. The molecule has 1 aromatic heterocycles. The van der Waals surface area contributed by atoms with Gasteiger partial charge in [-0.1, -0.05) is 23.2 Å². The molecule has 0 aliphatic heterocycles. The van der Waals surface area contributed by atoms with E-state index in [1.165, 1.54) is 6.07 Å². The van der Waals surface area contributed by atoms with Crippen molar-refractivity contribution in [2.24, 2.45) is 5.73 Å². The van der Waals surface area contributed by atoms with Crippen molar-refractivity contribution in [2.45, 2.75) is 6.42 Å². The first-order chi connectivity index (χ1) is 10.5. The van der Waals surface area contributed by atoms with E-state index in [2.05, 4.69) is 5.32 Å². The number of nitrogens with one attached hydrogen (secondary N) is 1. The van der Waals surface area contributed by atoms with Gasteiger partial charge in [0.2, 0.25) is 5.91 Å². The average Bonchev–Trinajstić information content (AvgIpc) is 2.79. The molecule has 0 bridgehead atoms. The van der Waals surface area contributed by atoms with Gasteiger partial charge in [0, 0.05) is 5.69 Å². The molecule has 1 heterocycles. The van der Waals surface area contributed by atoms with Gasteiger partial charge in [-0.3, -0.25) is 9.59 Å². The van der Waals surface area contributed by atoms with Crippen LogP contribution in [0.5, 0.6) is 5.75 Å². The second-order valence-corrected chi connectivity index (χ2v) is 6.57. The predicted molar refractivity (Wildman–Crippen MR) is 88.0 cm³/mol. The van der Waals surface area contributed by atoms with Crippen LogP contribution < -0.4 is 15.8 Å². The molecule has 2 amide bonds. The molecule has 0 fully saturated rings. The van der Waals surface area contributed by atoms with E-state index in [4.69, 9.17) is 33.7 Å². The van der Waals surface area contributed by atoms with Crippen LogP contribution in [0.4, 0.5) is 5.69 Å². The fraction of sp³-hybridized carbons (Fsp3) is 0.143. The minimum atomic E-state index is -0.421. The Balaban J connectivity index is 1.95. The Morgan fingerprint density at radius 1 is 1.23 bits per heavy atom. The number of primary amides is 1. The second-order valence-electron chi connectivity index (χ2n) is 4.28. The first-order valence-corrected chi connectivity index (χ1v) is 7.80. The smallest absolute Gasteiger partial charge is 0.258 e. The van der Waals surface area contributed by atoms with Crippen LogP contribution in [0.15, 0.2) is 30.3 Å². The van der Waals surface area contributed by atoms with Gasteiger partial charge in [-0.05, 0) is 30.3 Å². The number of hydrogen-bond donors (Lipinski definition) is 2. The van der Waals surface area contributed by atoms with Gasteiger partial charge in [0.15, 0.2) is 0 Å². The van der Waals surface area contributed by atoms with Crippen molar-refractivity contribution in [3.8, 4) is 5.75 Å². The van der Waals surface area contributed by atoms with Crippen molar-refractivity contribution in [1.82, 2.24) is 0 Å². The third kappa shape index (κ3) is 4.62. The number of amides is 2. The highest BCUT2D eigenvalue weighted by atomic mass is 35.5. The molecule has 5 nitrogen and oxygen atoms in total. The number of rotatable bonds is 6. The molecule has 1 aromatic carbocycles. The molecular formula is C14H12Cl2N2O3S. The summed E-state index contributed by atoms with van der Waals surface area (Å²) in [5.74, 6) is -0.179. The monoisotopic (exact) mass is 358 g/mol. The van der Waals surface area contributed by atoms with E-state index in [9.17, 15) is 9.59 Å². The molecule has 116 valence electrons. The fourth-order valence-corrected chi connectivity index (χ4v) is 3.06. The topological polar surface area (TPSA) is 81.4 Å². The number of hydrogen-bond acceptors (Lipinski definition) is 4. The number of benzene rings is 1. The van der Waals surface area contributed by atoms with E-state index in [1.807, 2.05) is 0 Å². The number of ether oxygens (including phenoxy) is 1. The van der Waals surface area contributed by atoms with Gasteiger partial charge in [0.05, 0.1) is 22.9 Å². The number of carbonyl (C=O) groups excluding carboxylic acids is 2. The first-order valence-electron chi connectivity index (χ1n) is 6.23. The van der Waals surface area contributed by atoms with E-state index in [0.717, 1.165) is 11.3 Å². The van der Waals surface area contributed by atoms with Crippen LogP contribution in [0, 0.1) is 0 Å². The zero-order valence-electron chi connectivity index (χ0n) is 11.3. The number of anilines is 1. The Morgan fingerprint density at radius 3 is 2.45 bits per heavy atom. The van der Waals surface area contributed by atoms with Crippen LogP contribution in [-0.2, 0) is 4.79 Å². The van der Waals surface area contributed by atoms with E-state index in [0.29, 0.717) is 25.7 Å². The van der Waals surface area contributed by atoms with Crippen LogP contribution in [0.1, 0.15) is 16.8 Å². The van der Waals surface area contributed by atoms with Crippen LogP contribution in [0.2, 0.25) is 8.67 Å². The standard InChI is InChI=1S/C14H12Cl2N2O3S/c15-11-7-10(13(16)22-11)14(20)18-8-1-3-9(4-2-8)21-6-5-12(17)19/h1-4,7H,5-6H2,(H2,17,19)(H,18,20). The molecule has 22 heavy (non-hydrogen) atoms. The Bertz CT molecular complexity index is 686. The molecule has 0 saturated heterocycles. The van der Waals surface area contributed by atoms with Crippen molar-refractivity contribution in [3.63, 3.8) is 0 Å². The zero-order chi connectivity index (χ0) is 16.1. The third-order valence-electron chi connectivity index (χ3n) is 2.63. The molecular weight excluding hydrogens is 347 g/mol.